The second-order valence-electron chi connectivity index (χ2n) is 6.23. The first-order valence-electron chi connectivity index (χ1n) is 8.25. The normalized spacial score (nSPS) is 12.4. The molecule has 7 heteroatoms. The predicted molar refractivity (Wildman–Crippen MR) is 102 cm³/mol. The number of carboxylic acid groups (broad SMARTS) is 1. The van der Waals surface area contributed by atoms with E-state index in [2.05, 4.69) is 0 Å². The van der Waals surface area contributed by atoms with Crippen molar-refractivity contribution in [2.45, 2.75) is 10.8 Å². The van der Waals surface area contributed by atoms with Gasteiger partial charge in [0.15, 0.2) is 0 Å². The maximum absolute atomic E-state index is 11.9. The van der Waals surface area contributed by atoms with E-state index in [1.54, 1.807) is 24.3 Å². The van der Waals surface area contributed by atoms with Gasteiger partial charge in [-0.3, -0.25) is 0 Å². The van der Waals surface area contributed by atoms with E-state index < -0.39 is 11.9 Å². The highest BCUT2D eigenvalue weighted by Crippen LogP contribution is 2.49. The van der Waals surface area contributed by atoms with Gasteiger partial charge in [0.25, 0.3) is 0 Å². The molecule has 0 saturated carbocycles. The van der Waals surface area contributed by atoms with Crippen LogP contribution < -0.4 is 4.74 Å². The predicted octanol–water partition coefficient (Wildman–Crippen LogP) is 4.66. The summed E-state index contributed by atoms with van der Waals surface area (Å²) in [5, 5.41) is 40.3. The van der Waals surface area contributed by atoms with Crippen LogP contribution in [0.15, 0.2) is 59.5 Å². The number of phenolic OH excluding ortho intramolecular Hbond substituents is 2. The molecule has 0 atom stereocenters. The van der Waals surface area contributed by atoms with E-state index in [-0.39, 0.29) is 17.1 Å². The Morgan fingerprint density at radius 3 is 2.04 bits per heavy atom. The van der Waals surface area contributed by atoms with Crippen LogP contribution in [0.1, 0.15) is 33.0 Å². The molecule has 0 fully saturated rings. The molecule has 3 N–H and O–H groups in total. The fourth-order valence-corrected chi connectivity index (χ4v) is 3.83. The molecule has 0 aliphatic carbocycles. The number of nitrogens with zero attached hydrogens (tertiary/aromatic N) is 1. The lowest BCUT2D eigenvalue weighted by Gasteiger charge is -2.29. The molecule has 0 bridgehead atoms. The molecule has 1 aliphatic rings. The summed E-state index contributed by atoms with van der Waals surface area (Å²) >= 11 is 0.889. The topological polar surface area (TPSA) is 111 Å². The quantitative estimate of drug-likeness (QED) is 0.344. The third-order valence-electron chi connectivity index (χ3n) is 4.57. The van der Waals surface area contributed by atoms with Crippen LogP contribution in [0, 0.1) is 10.7 Å². The Balaban J connectivity index is 1.98. The fraction of sp³-hybridized carbons (Fsp3) is 0.0476. The molecule has 0 spiro atoms. The molecule has 138 valence electrons. The van der Waals surface area contributed by atoms with Gasteiger partial charge in [0.2, 0.25) is 0 Å². The third-order valence-corrected chi connectivity index (χ3v) is 5.15. The van der Waals surface area contributed by atoms with E-state index in [4.69, 9.17) is 10.00 Å². The minimum absolute atomic E-state index is 0.0142. The first-order valence-corrected chi connectivity index (χ1v) is 9.06. The van der Waals surface area contributed by atoms with Crippen molar-refractivity contribution in [2.24, 2.45) is 0 Å². The third kappa shape index (κ3) is 3.00. The van der Waals surface area contributed by atoms with Crippen molar-refractivity contribution in [3.8, 4) is 28.4 Å². The summed E-state index contributed by atoms with van der Waals surface area (Å²) in [4.78, 5) is 12.5. The molecule has 3 aromatic rings. The van der Waals surface area contributed by atoms with E-state index >= 15 is 0 Å². The smallest absolute Gasteiger partial charge is 0.336 e. The average molecular weight is 391 g/mol. The van der Waals surface area contributed by atoms with Gasteiger partial charge in [-0.2, -0.15) is 5.26 Å². The molecule has 6 nitrogen and oxygen atoms in total. The van der Waals surface area contributed by atoms with E-state index in [9.17, 15) is 20.1 Å². The molecular weight excluding hydrogens is 378 g/mol. The zero-order valence-corrected chi connectivity index (χ0v) is 15.1. The molecule has 0 aromatic heterocycles. The Morgan fingerprint density at radius 2 is 1.50 bits per heavy atom. The summed E-state index contributed by atoms with van der Waals surface area (Å²) in [5.74, 6) is -0.791. The van der Waals surface area contributed by atoms with E-state index in [1.165, 1.54) is 30.3 Å². The molecule has 4 rings (SSSR count). The summed E-state index contributed by atoms with van der Waals surface area (Å²) in [5.41, 5.74) is 1.99. The number of carbonyl (C=O) groups is 1. The van der Waals surface area contributed by atoms with Crippen LogP contribution in [0.3, 0.4) is 0 Å². The van der Waals surface area contributed by atoms with Gasteiger partial charge < -0.3 is 20.1 Å². The molecule has 0 saturated heterocycles. The highest BCUT2D eigenvalue weighted by atomic mass is 32.2. The monoisotopic (exact) mass is 391 g/mol. The second-order valence-corrected chi connectivity index (χ2v) is 7.08. The van der Waals surface area contributed by atoms with Gasteiger partial charge in [0.1, 0.15) is 28.4 Å². The van der Waals surface area contributed by atoms with Gasteiger partial charge in [-0.25, -0.2) is 4.79 Å². The van der Waals surface area contributed by atoms with Gasteiger partial charge >= 0.3 is 5.97 Å². The van der Waals surface area contributed by atoms with Crippen LogP contribution in [-0.4, -0.2) is 21.3 Å². The Kier molecular flexibility index (Phi) is 4.34. The van der Waals surface area contributed by atoms with Crippen molar-refractivity contribution in [3.63, 3.8) is 0 Å². The number of nitriles is 1. The van der Waals surface area contributed by atoms with Crippen molar-refractivity contribution in [3.05, 3.63) is 76.9 Å². The van der Waals surface area contributed by atoms with Gasteiger partial charge in [0.05, 0.1) is 5.56 Å². The Hall–Kier alpha value is -3.63. The zero-order valence-electron chi connectivity index (χ0n) is 14.3. The number of rotatable bonds is 3. The average Bonchev–Trinajstić information content (AvgIpc) is 2.66. The molecule has 1 heterocycles. The van der Waals surface area contributed by atoms with Crippen molar-refractivity contribution in [1.82, 2.24) is 0 Å². The number of thiocyanates is 1. The Labute approximate surface area is 164 Å². The van der Waals surface area contributed by atoms with Crippen LogP contribution in [0.5, 0.6) is 23.0 Å². The lowest BCUT2D eigenvalue weighted by atomic mass is 9.80. The van der Waals surface area contributed by atoms with Crippen molar-refractivity contribution in [1.29, 1.82) is 5.26 Å². The number of aromatic carboxylic acids is 1. The lowest BCUT2D eigenvalue weighted by Crippen LogP contribution is -2.15. The molecular formula is C21H13NO5S. The minimum Gasteiger partial charge on any atom is -0.508 e. The zero-order chi connectivity index (χ0) is 19.8. The standard InChI is InChI=1S/C21H13NO5S/c22-10-28-13-3-6-14(17(9-13)21(25)26)20-15-4-1-11(23)7-18(15)27-19-8-12(24)2-5-16(19)20/h1-9,20,23-24H,(H,25,26). The molecule has 0 amide bonds. The summed E-state index contributed by atoms with van der Waals surface area (Å²) in [6.07, 6.45) is 0. The molecule has 1 aliphatic heterocycles. The summed E-state index contributed by atoms with van der Waals surface area (Å²) < 4.78 is 5.84. The number of hydrogen-bond acceptors (Lipinski definition) is 6. The summed E-state index contributed by atoms with van der Waals surface area (Å²) in [6.45, 7) is 0. The van der Waals surface area contributed by atoms with Crippen LogP contribution in [0.25, 0.3) is 0 Å². The summed E-state index contributed by atoms with van der Waals surface area (Å²) in [6, 6.07) is 14.2. The summed E-state index contributed by atoms with van der Waals surface area (Å²) in [7, 11) is 0. The second kappa shape index (κ2) is 6.83. The van der Waals surface area contributed by atoms with Gasteiger partial charge in [-0.1, -0.05) is 18.2 Å². The molecule has 0 radical (unpaired) electrons. The highest BCUT2D eigenvalue weighted by molar-refractivity contribution is 8.03. The molecule has 0 unspecified atom stereocenters. The number of aromatic hydroxyl groups is 2. The lowest BCUT2D eigenvalue weighted by molar-refractivity contribution is 0.0695. The SMILES string of the molecule is N#CSc1ccc(C2c3ccc(O)cc3Oc3cc(O)ccc32)c(C(=O)O)c1. The Bertz CT molecular complexity index is 1100. The van der Waals surface area contributed by atoms with Crippen LogP contribution in [-0.2, 0) is 0 Å². The van der Waals surface area contributed by atoms with Gasteiger partial charge in [-0.05, 0) is 41.6 Å². The highest BCUT2D eigenvalue weighted by Gasteiger charge is 2.32. The van der Waals surface area contributed by atoms with Crippen LogP contribution >= 0.6 is 11.8 Å². The molecule has 28 heavy (non-hydrogen) atoms. The number of hydrogen-bond donors (Lipinski definition) is 3. The van der Waals surface area contributed by atoms with E-state index in [1.807, 2.05) is 5.40 Å². The van der Waals surface area contributed by atoms with Gasteiger partial charge in [-0.15, -0.1) is 0 Å². The van der Waals surface area contributed by atoms with Crippen molar-refractivity contribution >= 4 is 17.7 Å². The maximum Gasteiger partial charge on any atom is 0.336 e. The Morgan fingerprint density at radius 1 is 0.929 bits per heavy atom. The number of carboxylic acids is 1. The number of phenols is 2. The van der Waals surface area contributed by atoms with Crippen molar-refractivity contribution < 1.29 is 24.9 Å². The van der Waals surface area contributed by atoms with Crippen LogP contribution in [0.2, 0.25) is 0 Å². The van der Waals surface area contributed by atoms with Crippen LogP contribution in [0.4, 0.5) is 0 Å². The van der Waals surface area contributed by atoms with E-state index in [0.717, 1.165) is 11.8 Å². The van der Waals surface area contributed by atoms with Gasteiger partial charge in [0, 0.05) is 34.1 Å². The van der Waals surface area contributed by atoms with E-state index in [0.29, 0.717) is 33.1 Å². The maximum atomic E-state index is 11.9. The minimum atomic E-state index is -1.11. The number of thioether (sulfide) groups is 1. The van der Waals surface area contributed by atoms with Crippen molar-refractivity contribution in [2.75, 3.05) is 0 Å². The first kappa shape index (κ1) is 17.8. The number of fused-ring (bicyclic) bond motifs is 2. The largest absolute Gasteiger partial charge is 0.508 e. The number of ether oxygens (including phenoxy) is 1. The fourth-order valence-electron chi connectivity index (χ4n) is 3.41. The number of benzene rings is 3. The first-order chi connectivity index (χ1) is 13.5. The molecule has 3 aromatic carbocycles.